The average Bonchev–Trinajstić information content (AvgIpc) is 2.12. The van der Waals surface area contributed by atoms with E-state index >= 15 is 0 Å². The van der Waals surface area contributed by atoms with Gasteiger partial charge in [-0.3, -0.25) is 0 Å². The van der Waals surface area contributed by atoms with Gasteiger partial charge in [0.15, 0.2) is 0 Å². The van der Waals surface area contributed by atoms with Crippen molar-refractivity contribution in [3.05, 3.63) is 11.0 Å². The Labute approximate surface area is 36.3 Å². The van der Waals surface area contributed by atoms with Gasteiger partial charge < -0.3 is 0 Å². The highest BCUT2D eigenvalue weighted by atomic mass is 32.2. The zero-order valence-corrected chi connectivity index (χ0v) is 4.01. The van der Waals surface area contributed by atoms with Crippen LogP contribution in [0.3, 0.4) is 0 Å². The molecule has 0 aromatic carbocycles. The van der Waals surface area contributed by atoms with Crippen LogP contribution in [0.2, 0.25) is 0 Å². The first-order valence-corrected chi connectivity index (χ1v) is 2.89. The summed E-state index contributed by atoms with van der Waals surface area (Å²) in [5, 5.41) is 0. The van der Waals surface area contributed by atoms with Crippen LogP contribution in [-0.2, 0) is 0 Å². The van der Waals surface area contributed by atoms with Gasteiger partial charge in [0.1, 0.15) is 0 Å². The van der Waals surface area contributed by atoms with E-state index in [-0.39, 0.29) is 0 Å². The van der Waals surface area contributed by atoms with E-state index in [1.165, 1.54) is 6.42 Å². The van der Waals surface area contributed by atoms with E-state index in [1.54, 1.807) is 4.91 Å². The lowest BCUT2D eigenvalue weighted by atomic mass is 10.9. The van der Waals surface area contributed by atoms with Crippen LogP contribution in [0.1, 0.15) is 6.42 Å². The molecular formula is C4H6S. The predicted octanol–water partition coefficient (Wildman–Crippen LogP) is 1.64. The fourth-order valence-corrected chi connectivity index (χ4v) is 0.625. The topological polar surface area (TPSA) is 0 Å². The van der Waals surface area contributed by atoms with Crippen molar-refractivity contribution >= 4 is 11.8 Å². The number of allylic oxidation sites excluding steroid dienone is 2. The second kappa shape index (κ2) is 1.05. The van der Waals surface area contributed by atoms with Crippen LogP contribution >= 0.6 is 11.8 Å². The van der Waals surface area contributed by atoms with Gasteiger partial charge in [0, 0.05) is 0 Å². The molecule has 0 radical (unpaired) electrons. The van der Waals surface area contributed by atoms with E-state index < -0.39 is 0 Å². The molecule has 0 aromatic rings. The standard InChI is InChI=1S/C4H6S/c1-5-4-2-3-4/h2H,3H2,1H3. The first kappa shape index (κ1) is 3.29. The lowest BCUT2D eigenvalue weighted by molar-refractivity contribution is 1.68. The van der Waals surface area contributed by atoms with Gasteiger partial charge in [-0.15, -0.1) is 11.8 Å². The van der Waals surface area contributed by atoms with Gasteiger partial charge in [0.2, 0.25) is 0 Å². The van der Waals surface area contributed by atoms with Crippen LogP contribution < -0.4 is 0 Å². The number of hydrogen-bond donors (Lipinski definition) is 0. The van der Waals surface area contributed by atoms with Crippen molar-refractivity contribution < 1.29 is 0 Å². The van der Waals surface area contributed by atoms with Crippen molar-refractivity contribution in [3.63, 3.8) is 0 Å². The SMILES string of the molecule is CSC1=CC1. The fourth-order valence-electron chi connectivity index (χ4n) is 0.208. The Hall–Kier alpha value is 0.0900. The molecule has 0 amide bonds. The molecule has 0 spiro atoms. The largest absolute Gasteiger partial charge is 0.134 e. The molecule has 0 aromatic heterocycles. The molecule has 5 heavy (non-hydrogen) atoms. The quantitative estimate of drug-likeness (QED) is 0.467. The summed E-state index contributed by atoms with van der Waals surface area (Å²) in [6, 6.07) is 0. The first-order valence-electron chi connectivity index (χ1n) is 1.66. The highest BCUT2D eigenvalue weighted by Gasteiger charge is 2.01. The Morgan fingerprint density at radius 3 is 2.60 bits per heavy atom. The van der Waals surface area contributed by atoms with E-state index in [1.807, 2.05) is 11.8 Å². The van der Waals surface area contributed by atoms with Crippen LogP contribution in [0.25, 0.3) is 0 Å². The zero-order valence-electron chi connectivity index (χ0n) is 3.19. The van der Waals surface area contributed by atoms with Crippen molar-refractivity contribution in [3.8, 4) is 0 Å². The first-order chi connectivity index (χ1) is 2.43. The average molecular weight is 86.2 g/mol. The van der Waals surface area contributed by atoms with Gasteiger partial charge >= 0.3 is 0 Å². The van der Waals surface area contributed by atoms with Gasteiger partial charge in [0.05, 0.1) is 0 Å². The molecule has 1 aliphatic carbocycles. The van der Waals surface area contributed by atoms with E-state index in [0.717, 1.165) is 0 Å². The summed E-state index contributed by atoms with van der Waals surface area (Å²) in [5.74, 6) is 0. The van der Waals surface area contributed by atoms with Crippen molar-refractivity contribution in [2.75, 3.05) is 6.26 Å². The minimum absolute atomic E-state index is 1.27. The lowest BCUT2D eigenvalue weighted by Gasteiger charge is -1.68. The van der Waals surface area contributed by atoms with Crippen LogP contribution in [0.5, 0.6) is 0 Å². The monoisotopic (exact) mass is 86.0 g/mol. The smallest absolute Gasteiger partial charge is 0.00295 e. The molecule has 0 N–H and O–H groups in total. The highest BCUT2D eigenvalue weighted by molar-refractivity contribution is 8.02. The Morgan fingerprint density at radius 1 is 2.00 bits per heavy atom. The highest BCUT2D eigenvalue weighted by Crippen LogP contribution is 2.28. The fraction of sp³-hybridized carbons (Fsp3) is 0.500. The van der Waals surface area contributed by atoms with Crippen LogP contribution in [0.4, 0.5) is 0 Å². The molecule has 1 rings (SSSR count). The molecule has 0 heterocycles. The molecule has 0 fully saturated rings. The van der Waals surface area contributed by atoms with Gasteiger partial charge in [0.25, 0.3) is 0 Å². The van der Waals surface area contributed by atoms with E-state index in [2.05, 4.69) is 12.3 Å². The van der Waals surface area contributed by atoms with Gasteiger partial charge in [-0.05, 0) is 17.6 Å². The molecule has 1 heteroatoms. The summed E-state index contributed by atoms with van der Waals surface area (Å²) < 4.78 is 0. The van der Waals surface area contributed by atoms with Crippen LogP contribution in [-0.4, -0.2) is 6.26 Å². The van der Waals surface area contributed by atoms with E-state index in [0.29, 0.717) is 0 Å². The Bertz CT molecular complexity index is 64.0. The second-order valence-corrected chi connectivity index (χ2v) is 2.01. The van der Waals surface area contributed by atoms with Crippen LogP contribution in [0.15, 0.2) is 11.0 Å². The summed E-state index contributed by atoms with van der Waals surface area (Å²) in [6.45, 7) is 0. The molecule has 0 bridgehead atoms. The predicted molar refractivity (Wildman–Crippen MR) is 26.2 cm³/mol. The molecule has 0 aliphatic heterocycles. The van der Waals surface area contributed by atoms with Gasteiger partial charge in [-0.25, -0.2) is 0 Å². The maximum Gasteiger partial charge on any atom is -0.00295 e. The Morgan fingerprint density at radius 2 is 2.60 bits per heavy atom. The summed E-state index contributed by atoms with van der Waals surface area (Å²) in [4.78, 5) is 1.55. The minimum atomic E-state index is 1.27. The number of rotatable bonds is 1. The van der Waals surface area contributed by atoms with Crippen molar-refractivity contribution in [1.82, 2.24) is 0 Å². The Kier molecular flexibility index (Phi) is 0.692. The van der Waals surface area contributed by atoms with E-state index in [9.17, 15) is 0 Å². The normalized spacial score (nSPS) is 18.2. The zero-order chi connectivity index (χ0) is 3.70. The molecule has 0 saturated heterocycles. The summed E-state index contributed by atoms with van der Waals surface area (Å²) in [5.41, 5.74) is 0. The van der Waals surface area contributed by atoms with Gasteiger partial charge in [-0.2, -0.15) is 0 Å². The number of hydrogen-bond acceptors (Lipinski definition) is 1. The van der Waals surface area contributed by atoms with Crippen molar-refractivity contribution in [1.29, 1.82) is 0 Å². The molecule has 0 saturated carbocycles. The second-order valence-electron chi connectivity index (χ2n) is 1.08. The number of thioether (sulfide) groups is 1. The molecule has 0 nitrogen and oxygen atoms in total. The Balaban J connectivity index is 2.22. The molecular weight excluding hydrogens is 80.1 g/mol. The maximum absolute atomic E-state index is 2.23. The van der Waals surface area contributed by atoms with Crippen molar-refractivity contribution in [2.45, 2.75) is 6.42 Å². The summed E-state index contributed by atoms with van der Waals surface area (Å²) >= 11 is 1.85. The third-order valence-corrected chi connectivity index (χ3v) is 1.49. The molecule has 0 atom stereocenters. The minimum Gasteiger partial charge on any atom is -0.134 e. The lowest BCUT2D eigenvalue weighted by Crippen LogP contribution is -1.37. The third kappa shape index (κ3) is 0.690. The van der Waals surface area contributed by atoms with Gasteiger partial charge in [-0.1, -0.05) is 6.08 Å². The van der Waals surface area contributed by atoms with E-state index in [4.69, 9.17) is 0 Å². The maximum atomic E-state index is 2.23. The van der Waals surface area contributed by atoms with Crippen LogP contribution in [0, 0.1) is 0 Å². The molecule has 28 valence electrons. The van der Waals surface area contributed by atoms with Crippen molar-refractivity contribution in [2.24, 2.45) is 0 Å². The summed E-state index contributed by atoms with van der Waals surface area (Å²) in [6.07, 6.45) is 5.60. The summed E-state index contributed by atoms with van der Waals surface area (Å²) in [7, 11) is 0. The molecule has 1 aliphatic rings. The third-order valence-electron chi connectivity index (χ3n) is 0.633. The molecule has 0 unspecified atom stereocenters.